The van der Waals surface area contributed by atoms with Crippen molar-refractivity contribution < 1.29 is 4.39 Å². The van der Waals surface area contributed by atoms with Gasteiger partial charge in [-0.05, 0) is 44.4 Å². The second-order valence-corrected chi connectivity index (χ2v) is 6.20. The zero-order valence-corrected chi connectivity index (χ0v) is 12.4. The molecule has 2 aromatic rings. The lowest BCUT2D eigenvalue weighted by Gasteiger charge is -2.23. The molecule has 0 amide bonds. The van der Waals surface area contributed by atoms with Crippen LogP contribution in [0.15, 0.2) is 36.7 Å². The summed E-state index contributed by atoms with van der Waals surface area (Å²) in [6.07, 6.45) is 6.30. The van der Waals surface area contributed by atoms with E-state index >= 15 is 0 Å². The highest BCUT2D eigenvalue weighted by molar-refractivity contribution is 5.31. The Balaban J connectivity index is 1.76. The number of aromatic nitrogens is 2. The summed E-state index contributed by atoms with van der Waals surface area (Å²) in [6, 6.07) is 7.22. The van der Waals surface area contributed by atoms with Gasteiger partial charge in [-0.3, -0.25) is 0 Å². The standard InChI is InChI=1S/C17H20FN3/c1-17(2,13-3-5-14(18)6-4-13)16-20-10-12(11-21-16)9-19-15-7-8-15/h3-6,10-11,15,19H,7-9H2,1-2H3. The summed E-state index contributed by atoms with van der Waals surface area (Å²) in [5, 5.41) is 3.45. The largest absolute Gasteiger partial charge is 0.310 e. The normalized spacial score (nSPS) is 15.2. The van der Waals surface area contributed by atoms with Crippen molar-refractivity contribution in [2.45, 2.75) is 44.7 Å². The molecule has 1 aliphatic carbocycles. The summed E-state index contributed by atoms with van der Waals surface area (Å²) in [6.45, 7) is 4.93. The maximum Gasteiger partial charge on any atom is 0.138 e. The average molecular weight is 285 g/mol. The summed E-state index contributed by atoms with van der Waals surface area (Å²) in [5.74, 6) is 0.529. The molecule has 0 saturated heterocycles. The van der Waals surface area contributed by atoms with E-state index < -0.39 is 0 Å². The Morgan fingerprint density at radius 2 is 1.76 bits per heavy atom. The van der Waals surface area contributed by atoms with Crippen LogP contribution in [0, 0.1) is 5.82 Å². The van der Waals surface area contributed by atoms with E-state index in [4.69, 9.17) is 0 Å². The smallest absolute Gasteiger partial charge is 0.138 e. The van der Waals surface area contributed by atoms with Crippen LogP contribution in [0.3, 0.4) is 0 Å². The molecule has 0 aliphatic heterocycles. The SMILES string of the molecule is CC(C)(c1ccc(F)cc1)c1ncc(CNC2CC2)cn1. The Bertz CT molecular complexity index is 601. The second kappa shape index (κ2) is 5.53. The predicted octanol–water partition coefficient (Wildman–Crippen LogP) is 3.19. The predicted molar refractivity (Wildman–Crippen MR) is 80.4 cm³/mol. The fourth-order valence-electron chi connectivity index (χ4n) is 2.31. The van der Waals surface area contributed by atoms with Crippen LogP contribution in [0.4, 0.5) is 4.39 Å². The Kier molecular flexibility index (Phi) is 3.72. The molecule has 0 atom stereocenters. The van der Waals surface area contributed by atoms with Gasteiger partial charge < -0.3 is 5.32 Å². The second-order valence-electron chi connectivity index (χ2n) is 6.20. The van der Waals surface area contributed by atoms with E-state index in [0.29, 0.717) is 6.04 Å². The van der Waals surface area contributed by atoms with Gasteiger partial charge in [0.25, 0.3) is 0 Å². The van der Waals surface area contributed by atoms with Crippen LogP contribution in [0.2, 0.25) is 0 Å². The molecule has 0 spiro atoms. The molecule has 1 saturated carbocycles. The van der Waals surface area contributed by atoms with Crippen LogP contribution >= 0.6 is 0 Å². The van der Waals surface area contributed by atoms with Crippen molar-refractivity contribution in [1.82, 2.24) is 15.3 Å². The zero-order valence-electron chi connectivity index (χ0n) is 12.4. The number of rotatable bonds is 5. The zero-order chi connectivity index (χ0) is 14.9. The molecule has 4 heteroatoms. The first-order valence-electron chi connectivity index (χ1n) is 7.36. The van der Waals surface area contributed by atoms with E-state index in [1.54, 1.807) is 12.1 Å². The molecule has 0 radical (unpaired) electrons. The first-order valence-corrected chi connectivity index (χ1v) is 7.36. The maximum atomic E-state index is 13.0. The number of hydrogen-bond donors (Lipinski definition) is 1. The van der Waals surface area contributed by atoms with Gasteiger partial charge in [0.05, 0.1) is 0 Å². The first-order chi connectivity index (χ1) is 10.1. The topological polar surface area (TPSA) is 37.8 Å². The van der Waals surface area contributed by atoms with Crippen molar-refractivity contribution in [2.24, 2.45) is 0 Å². The molecule has 3 rings (SSSR count). The Labute approximate surface area is 124 Å². The highest BCUT2D eigenvalue weighted by Crippen LogP contribution is 2.28. The van der Waals surface area contributed by atoms with Gasteiger partial charge in [0.1, 0.15) is 11.6 Å². The van der Waals surface area contributed by atoms with Gasteiger partial charge in [0.15, 0.2) is 0 Å². The van der Waals surface area contributed by atoms with Crippen molar-refractivity contribution in [3.8, 4) is 0 Å². The molecule has 110 valence electrons. The number of halogens is 1. The lowest BCUT2D eigenvalue weighted by atomic mass is 9.84. The minimum absolute atomic E-state index is 0.225. The van der Waals surface area contributed by atoms with Crippen LogP contribution in [0.25, 0.3) is 0 Å². The minimum atomic E-state index is -0.337. The lowest BCUT2D eigenvalue weighted by Crippen LogP contribution is -2.23. The van der Waals surface area contributed by atoms with Gasteiger partial charge in [-0.15, -0.1) is 0 Å². The molecule has 1 N–H and O–H groups in total. The maximum absolute atomic E-state index is 13.0. The molecule has 0 unspecified atom stereocenters. The number of benzene rings is 1. The fraction of sp³-hybridized carbons (Fsp3) is 0.412. The third-order valence-corrected chi connectivity index (χ3v) is 4.00. The van der Waals surface area contributed by atoms with Gasteiger partial charge in [-0.25, -0.2) is 14.4 Å². The number of hydrogen-bond acceptors (Lipinski definition) is 3. The Morgan fingerprint density at radius 1 is 1.14 bits per heavy atom. The van der Waals surface area contributed by atoms with Crippen LogP contribution < -0.4 is 5.32 Å². The van der Waals surface area contributed by atoms with Crippen LogP contribution in [0.5, 0.6) is 0 Å². The molecular formula is C17H20FN3. The molecule has 3 nitrogen and oxygen atoms in total. The summed E-state index contributed by atoms with van der Waals surface area (Å²) < 4.78 is 13.0. The fourth-order valence-corrected chi connectivity index (χ4v) is 2.31. The van der Waals surface area contributed by atoms with Gasteiger partial charge >= 0.3 is 0 Å². The highest BCUT2D eigenvalue weighted by atomic mass is 19.1. The molecule has 1 aromatic heterocycles. The van der Waals surface area contributed by atoms with Crippen LogP contribution in [-0.4, -0.2) is 16.0 Å². The Hall–Kier alpha value is -1.81. The summed E-state index contributed by atoms with van der Waals surface area (Å²) in [5.41, 5.74) is 1.77. The number of nitrogens with one attached hydrogen (secondary N) is 1. The van der Waals surface area contributed by atoms with Gasteiger partial charge in [0.2, 0.25) is 0 Å². The van der Waals surface area contributed by atoms with Crippen LogP contribution in [0.1, 0.15) is 43.6 Å². The van der Waals surface area contributed by atoms with E-state index in [1.165, 1.54) is 25.0 Å². The third-order valence-electron chi connectivity index (χ3n) is 4.00. The van der Waals surface area contributed by atoms with Crippen molar-refractivity contribution >= 4 is 0 Å². The van der Waals surface area contributed by atoms with Crippen molar-refractivity contribution in [1.29, 1.82) is 0 Å². The van der Waals surface area contributed by atoms with Crippen LogP contribution in [-0.2, 0) is 12.0 Å². The molecular weight excluding hydrogens is 265 g/mol. The van der Waals surface area contributed by atoms with E-state index in [-0.39, 0.29) is 11.2 Å². The molecule has 1 aromatic carbocycles. The summed E-state index contributed by atoms with van der Waals surface area (Å²) >= 11 is 0. The molecule has 1 heterocycles. The summed E-state index contributed by atoms with van der Waals surface area (Å²) in [4.78, 5) is 9.01. The van der Waals surface area contributed by atoms with Gasteiger partial charge in [-0.1, -0.05) is 12.1 Å². The molecule has 0 bridgehead atoms. The molecule has 1 aliphatic rings. The Morgan fingerprint density at radius 3 is 2.33 bits per heavy atom. The first kappa shape index (κ1) is 14.1. The molecule has 1 fully saturated rings. The minimum Gasteiger partial charge on any atom is -0.310 e. The van der Waals surface area contributed by atoms with E-state index in [0.717, 1.165) is 23.5 Å². The lowest BCUT2D eigenvalue weighted by molar-refractivity contribution is 0.579. The summed E-state index contributed by atoms with van der Waals surface area (Å²) in [7, 11) is 0. The van der Waals surface area contributed by atoms with Crippen molar-refractivity contribution in [3.63, 3.8) is 0 Å². The van der Waals surface area contributed by atoms with E-state index in [2.05, 4.69) is 29.1 Å². The third kappa shape index (κ3) is 3.27. The van der Waals surface area contributed by atoms with Crippen molar-refractivity contribution in [2.75, 3.05) is 0 Å². The van der Waals surface area contributed by atoms with Gasteiger partial charge in [0, 0.05) is 36.0 Å². The monoisotopic (exact) mass is 285 g/mol. The van der Waals surface area contributed by atoms with Gasteiger partial charge in [-0.2, -0.15) is 0 Å². The number of nitrogens with zero attached hydrogens (tertiary/aromatic N) is 2. The molecule has 21 heavy (non-hydrogen) atoms. The quantitative estimate of drug-likeness (QED) is 0.916. The van der Waals surface area contributed by atoms with E-state index in [9.17, 15) is 4.39 Å². The average Bonchev–Trinajstić information content (AvgIpc) is 3.30. The highest BCUT2D eigenvalue weighted by Gasteiger charge is 2.26. The van der Waals surface area contributed by atoms with Crippen molar-refractivity contribution in [3.05, 3.63) is 59.4 Å². The van der Waals surface area contributed by atoms with E-state index in [1.807, 2.05) is 12.4 Å².